The number of aromatic nitrogens is 3. The lowest BCUT2D eigenvalue weighted by Gasteiger charge is -2.36. The Morgan fingerprint density at radius 2 is 2.08 bits per heavy atom. The lowest BCUT2D eigenvalue weighted by Crippen LogP contribution is -2.39. The van der Waals surface area contributed by atoms with Gasteiger partial charge in [0, 0.05) is 29.4 Å². The number of hydrogen-bond donors (Lipinski definition) is 1. The Hall–Kier alpha value is -1.61. The summed E-state index contributed by atoms with van der Waals surface area (Å²) in [5.41, 5.74) is -1.40. The maximum absolute atomic E-state index is 14.4. The van der Waals surface area contributed by atoms with Gasteiger partial charge in [0.25, 0.3) is 0 Å². The minimum absolute atomic E-state index is 0.0368. The second-order valence-electron chi connectivity index (χ2n) is 6.88. The van der Waals surface area contributed by atoms with Crippen LogP contribution in [0.25, 0.3) is 5.69 Å². The van der Waals surface area contributed by atoms with Crippen molar-refractivity contribution in [2.24, 2.45) is 0 Å². The molecule has 3 aliphatic rings. The van der Waals surface area contributed by atoms with Crippen molar-refractivity contribution in [1.29, 1.82) is 0 Å². The van der Waals surface area contributed by atoms with E-state index >= 15 is 0 Å². The predicted molar refractivity (Wildman–Crippen MR) is 88.9 cm³/mol. The molecule has 2 aliphatic heterocycles. The first-order chi connectivity index (χ1) is 12.3. The third-order valence-electron chi connectivity index (χ3n) is 5.02. The first kappa shape index (κ1) is 17.8. The highest BCUT2D eigenvalue weighted by Gasteiger charge is 2.55. The monoisotopic (exact) mass is 387 g/mol. The van der Waals surface area contributed by atoms with Crippen LogP contribution in [0.5, 0.6) is 0 Å². The van der Waals surface area contributed by atoms with E-state index in [4.69, 9.17) is 5.11 Å². The van der Waals surface area contributed by atoms with Crippen molar-refractivity contribution in [3.8, 4) is 5.69 Å². The Bertz CT molecular complexity index is 824. The standard InChI is InChI=1S/C17H17F4N3OS/c18-12-4-3-10(17(19,20)21)6-13(12)24-15(16-7-11(8-16)26-9-16)22-14(23-24)2-1-5-25/h3-4,6,11,25H,1-2,5,7-9H2. The molecule has 0 atom stereocenters. The summed E-state index contributed by atoms with van der Waals surface area (Å²) in [4.78, 5) is 4.53. The largest absolute Gasteiger partial charge is 0.416 e. The van der Waals surface area contributed by atoms with E-state index in [0.717, 1.165) is 36.8 Å². The summed E-state index contributed by atoms with van der Waals surface area (Å²) in [6, 6.07) is 2.34. The Morgan fingerprint density at radius 1 is 1.31 bits per heavy atom. The van der Waals surface area contributed by atoms with Gasteiger partial charge in [-0.05, 0) is 37.5 Å². The van der Waals surface area contributed by atoms with Crippen molar-refractivity contribution in [2.45, 2.75) is 42.5 Å². The van der Waals surface area contributed by atoms with Gasteiger partial charge in [0.2, 0.25) is 0 Å². The molecule has 2 bridgehead atoms. The number of aliphatic hydroxyl groups is 1. The second-order valence-corrected chi connectivity index (χ2v) is 8.16. The third-order valence-corrected chi connectivity index (χ3v) is 6.54. The SMILES string of the molecule is OCCCc1nc(C23CSC(C2)C3)n(-c2cc(C(F)(F)F)ccc2F)n1. The first-order valence-corrected chi connectivity index (χ1v) is 9.43. The summed E-state index contributed by atoms with van der Waals surface area (Å²) in [7, 11) is 0. The fourth-order valence-corrected chi connectivity index (χ4v) is 5.43. The van der Waals surface area contributed by atoms with E-state index in [1.54, 1.807) is 0 Å². The van der Waals surface area contributed by atoms with Crippen LogP contribution in [0.4, 0.5) is 17.6 Å². The molecule has 2 saturated heterocycles. The summed E-state index contributed by atoms with van der Waals surface area (Å²) >= 11 is 1.81. The quantitative estimate of drug-likeness (QED) is 0.798. The number of benzene rings is 1. The second kappa shape index (κ2) is 6.23. The van der Waals surface area contributed by atoms with Gasteiger partial charge in [0.1, 0.15) is 17.3 Å². The van der Waals surface area contributed by atoms with Crippen molar-refractivity contribution in [3.63, 3.8) is 0 Å². The highest BCUT2D eigenvalue weighted by molar-refractivity contribution is 8.00. The summed E-state index contributed by atoms with van der Waals surface area (Å²) in [6.07, 6.45) is -1.96. The highest BCUT2D eigenvalue weighted by Crippen LogP contribution is 2.58. The van der Waals surface area contributed by atoms with E-state index in [1.165, 1.54) is 4.68 Å². The minimum Gasteiger partial charge on any atom is -0.396 e. The van der Waals surface area contributed by atoms with E-state index in [1.807, 2.05) is 11.8 Å². The fourth-order valence-electron chi connectivity index (χ4n) is 3.63. The zero-order chi connectivity index (χ0) is 18.5. The van der Waals surface area contributed by atoms with Gasteiger partial charge in [-0.3, -0.25) is 0 Å². The van der Waals surface area contributed by atoms with Crippen LogP contribution >= 0.6 is 11.8 Å². The van der Waals surface area contributed by atoms with Gasteiger partial charge >= 0.3 is 6.18 Å². The van der Waals surface area contributed by atoms with Crippen molar-refractivity contribution in [3.05, 3.63) is 41.2 Å². The van der Waals surface area contributed by atoms with Crippen molar-refractivity contribution < 1.29 is 22.7 Å². The van der Waals surface area contributed by atoms with Crippen molar-refractivity contribution in [1.82, 2.24) is 14.8 Å². The molecule has 1 aromatic heterocycles. The molecule has 140 valence electrons. The molecule has 0 amide bonds. The highest BCUT2D eigenvalue weighted by atomic mass is 32.2. The Balaban J connectivity index is 1.81. The van der Waals surface area contributed by atoms with E-state index in [-0.39, 0.29) is 17.7 Å². The smallest absolute Gasteiger partial charge is 0.396 e. The van der Waals surface area contributed by atoms with Gasteiger partial charge in [0.05, 0.1) is 5.56 Å². The molecule has 1 aliphatic carbocycles. The number of nitrogens with zero attached hydrogens (tertiary/aromatic N) is 3. The Kier molecular flexibility index (Phi) is 4.26. The van der Waals surface area contributed by atoms with Gasteiger partial charge in [-0.2, -0.15) is 30.0 Å². The molecular weight excluding hydrogens is 370 g/mol. The van der Waals surface area contributed by atoms with Crippen LogP contribution in [0, 0.1) is 5.82 Å². The molecule has 0 unspecified atom stereocenters. The lowest BCUT2D eigenvalue weighted by molar-refractivity contribution is -0.137. The normalized spacial score (nSPS) is 24.7. The summed E-state index contributed by atoms with van der Waals surface area (Å²) in [5.74, 6) is 0.998. The molecule has 1 N–H and O–H groups in total. The molecule has 1 aromatic carbocycles. The van der Waals surface area contributed by atoms with Crippen LogP contribution in [0.1, 0.15) is 36.5 Å². The zero-order valence-electron chi connectivity index (χ0n) is 13.8. The summed E-state index contributed by atoms with van der Waals surface area (Å²) in [5, 5.41) is 13.8. The van der Waals surface area contributed by atoms with Crippen LogP contribution < -0.4 is 0 Å². The molecule has 26 heavy (non-hydrogen) atoms. The van der Waals surface area contributed by atoms with Crippen LogP contribution in [0.15, 0.2) is 18.2 Å². The lowest BCUT2D eigenvalue weighted by atomic mass is 9.70. The number of aliphatic hydroxyl groups excluding tert-OH is 1. The molecule has 2 aromatic rings. The molecule has 5 rings (SSSR count). The van der Waals surface area contributed by atoms with Gasteiger partial charge in [-0.15, -0.1) is 0 Å². The molecule has 1 saturated carbocycles. The number of hydrogen-bond acceptors (Lipinski definition) is 4. The average molecular weight is 387 g/mol. The number of thioether (sulfide) groups is 1. The molecule has 3 fully saturated rings. The van der Waals surface area contributed by atoms with Crippen LogP contribution in [-0.4, -0.2) is 37.5 Å². The van der Waals surface area contributed by atoms with Crippen molar-refractivity contribution >= 4 is 11.8 Å². The number of alkyl halides is 3. The minimum atomic E-state index is -4.56. The van der Waals surface area contributed by atoms with E-state index in [0.29, 0.717) is 29.7 Å². The molecule has 0 spiro atoms. The summed E-state index contributed by atoms with van der Waals surface area (Å²) in [6.45, 7) is -0.0368. The maximum atomic E-state index is 14.4. The van der Waals surface area contributed by atoms with Gasteiger partial charge in [-0.25, -0.2) is 14.1 Å². The number of fused-ring (bicyclic) bond motifs is 1. The van der Waals surface area contributed by atoms with Crippen LogP contribution in [0.3, 0.4) is 0 Å². The van der Waals surface area contributed by atoms with Gasteiger partial charge in [0.15, 0.2) is 5.82 Å². The number of rotatable bonds is 5. The Labute approximate surface area is 151 Å². The predicted octanol–water partition coefficient (Wildman–Crippen LogP) is 3.50. The third kappa shape index (κ3) is 2.90. The van der Waals surface area contributed by atoms with Gasteiger partial charge in [-0.1, -0.05) is 0 Å². The Morgan fingerprint density at radius 3 is 2.69 bits per heavy atom. The van der Waals surface area contributed by atoms with Crippen LogP contribution in [0.2, 0.25) is 0 Å². The summed E-state index contributed by atoms with van der Waals surface area (Å²) < 4.78 is 54.9. The van der Waals surface area contributed by atoms with E-state index in [2.05, 4.69) is 10.1 Å². The number of halogens is 4. The maximum Gasteiger partial charge on any atom is 0.416 e. The van der Waals surface area contributed by atoms with Crippen molar-refractivity contribution in [2.75, 3.05) is 12.4 Å². The first-order valence-electron chi connectivity index (χ1n) is 8.38. The molecule has 0 radical (unpaired) electrons. The molecule has 4 nitrogen and oxygen atoms in total. The van der Waals surface area contributed by atoms with E-state index < -0.39 is 17.6 Å². The van der Waals surface area contributed by atoms with Gasteiger partial charge < -0.3 is 5.11 Å². The fraction of sp³-hybridized carbons (Fsp3) is 0.529. The van der Waals surface area contributed by atoms with Crippen LogP contribution in [-0.2, 0) is 18.0 Å². The van der Waals surface area contributed by atoms with E-state index in [9.17, 15) is 17.6 Å². The number of aryl methyl sites for hydroxylation is 1. The average Bonchev–Trinajstić information content (AvgIpc) is 3.25. The topological polar surface area (TPSA) is 50.9 Å². The molecule has 3 heterocycles. The molecule has 9 heteroatoms. The molecular formula is C17H17F4N3OS. The zero-order valence-corrected chi connectivity index (χ0v) is 14.6.